The van der Waals surface area contributed by atoms with Crippen molar-refractivity contribution in [2.24, 2.45) is 0 Å². The molecule has 4 aromatic heterocycles. The normalized spacial score (nSPS) is 13.5. The molecule has 0 atom stereocenters. The number of fused-ring (bicyclic) bond motifs is 2. The maximum absolute atomic E-state index is 12.7. The van der Waals surface area contributed by atoms with Gasteiger partial charge in [0.2, 0.25) is 0 Å². The second kappa shape index (κ2) is 6.69. The summed E-state index contributed by atoms with van der Waals surface area (Å²) in [5, 5.41) is 3.73. The number of hydrogen-bond acceptors (Lipinski definition) is 6. The number of aromatic nitrogens is 5. The molecule has 0 bridgehead atoms. The number of pyridine rings is 2. The van der Waals surface area contributed by atoms with Crippen molar-refractivity contribution in [3.8, 4) is 11.3 Å². The van der Waals surface area contributed by atoms with Crippen molar-refractivity contribution >= 4 is 22.8 Å². The van der Waals surface area contributed by atoms with Crippen LogP contribution in [0.2, 0.25) is 0 Å². The fourth-order valence-corrected chi connectivity index (χ4v) is 3.49. The Balaban J connectivity index is 1.36. The fraction of sp³-hybridized carbons (Fsp3) is 0.250. The summed E-state index contributed by atoms with van der Waals surface area (Å²) in [4.78, 5) is 31.8. The number of urea groups is 1. The van der Waals surface area contributed by atoms with Gasteiger partial charge in [0.15, 0.2) is 11.7 Å². The van der Waals surface area contributed by atoms with Crippen molar-refractivity contribution in [1.82, 2.24) is 29.4 Å². The minimum Gasteiger partial charge on any atom is -0.441 e. The minimum atomic E-state index is -0.196. The standard InChI is InChI=1S/C20H19N7O2/c1-12-10-26-3-4-27(11-19(26)24-12)20(28)25-18-6-14-5-15(7-22-16(14)8-23-18)17-9-21-13(2)29-17/h5-10H,3-4,11H2,1-2H3,(H,23,25,28). The van der Waals surface area contributed by atoms with Gasteiger partial charge in [0.05, 0.1) is 30.1 Å². The van der Waals surface area contributed by atoms with Crippen LogP contribution in [0.3, 0.4) is 0 Å². The molecular weight excluding hydrogens is 370 g/mol. The van der Waals surface area contributed by atoms with Crippen LogP contribution in [0.5, 0.6) is 0 Å². The number of carbonyl (C=O) groups excluding carboxylic acids is 1. The van der Waals surface area contributed by atoms with Gasteiger partial charge in [-0.2, -0.15) is 0 Å². The molecule has 2 amide bonds. The molecule has 0 saturated carbocycles. The predicted octanol–water partition coefficient (Wildman–Crippen LogP) is 3.15. The van der Waals surface area contributed by atoms with Gasteiger partial charge >= 0.3 is 6.03 Å². The van der Waals surface area contributed by atoms with Gasteiger partial charge in [0.25, 0.3) is 0 Å². The highest BCUT2D eigenvalue weighted by atomic mass is 16.4. The van der Waals surface area contributed by atoms with Gasteiger partial charge in [-0.15, -0.1) is 0 Å². The van der Waals surface area contributed by atoms with Crippen molar-refractivity contribution in [3.05, 3.63) is 54.3 Å². The number of oxazole rings is 1. The Morgan fingerprint density at radius 3 is 2.83 bits per heavy atom. The molecule has 0 radical (unpaired) electrons. The van der Waals surface area contributed by atoms with E-state index < -0.39 is 0 Å². The van der Waals surface area contributed by atoms with Gasteiger partial charge in [0, 0.05) is 43.4 Å². The number of amides is 2. The number of anilines is 1. The molecule has 9 nitrogen and oxygen atoms in total. The first-order valence-corrected chi connectivity index (χ1v) is 9.32. The molecule has 0 saturated heterocycles. The van der Waals surface area contributed by atoms with Crippen LogP contribution < -0.4 is 5.32 Å². The van der Waals surface area contributed by atoms with Gasteiger partial charge in [-0.1, -0.05) is 0 Å². The number of nitrogens with one attached hydrogen (secondary N) is 1. The van der Waals surface area contributed by atoms with Gasteiger partial charge < -0.3 is 13.9 Å². The monoisotopic (exact) mass is 389 g/mol. The number of nitrogens with zero attached hydrogens (tertiary/aromatic N) is 6. The molecular formula is C20H19N7O2. The Bertz CT molecular complexity index is 1230. The zero-order valence-electron chi connectivity index (χ0n) is 16.1. The maximum Gasteiger partial charge on any atom is 0.323 e. The van der Waals surface area contributed by atoms with Crippen molar-refractivity contribution in [2.45, 2.75) is 26.9 Å². The van der Waals surface area contributed by atoms with E-state index in [0.717, 1.165) is 34.5 Å². The van der Waals surface area contributed by atoms with Gasteiger partial charge in [-0.25, -0.2) is 19.7 Å². The first-order valence-electron chi connectivity index (χ1n) is 9.32. The Morgan fingerprint density at radius 1 is 1.10 bits per heavy atom. The summed E-state index contributed by atoms with van der Waals surface area (Å²) in [5.74, 6) is 2.62. The zero-order chi connectivity index (χ0) is 20.0. The van der Waals surface area contributed by atoms with E-state index in [9.17, 15) is 4.79 Å². The Morgan fingerprint density at radius 2 is 2.00 bits per heavy atom. The summed E-state index contributed by atoms with van der Waals surface area (Å²) < 4.78 is 7.66. The molecule has 1 N–H and O–H groups in total. The molecule has 29 heavy (non-hydrogen) atoms. The van der Waals surface area contributed by atoms with E-state index >= 15 is 0 Å². The van der Waals surface area contributed by atoms with Crippen LogP contribution in [0.1, 0.15) is 17.4 Å². The second-order valence-corrected chi connectivity index (χ2v) is 7.07. The van der Waals surface area contributed by atoms with Crippen molar-refractivity contribution in [3.63, 3.8) is 0 Å². The Hall–Kier alpha value is -3.75. The number of aryl methyl sites for hydroxylation is 2. The summed E-state index contributed by atoms with van der Waals surface area (Å²) in [5.41, 5.74) is 2.52. The molecule has 0 unspecified atom stereocenters. The summed E-state index contributed by atoms with van der Waals surface area (Å²) in [6.45, 7) is 5.59. The van der Waals surface area contributed by atoms with Crippen LogP contribution in [0.4, 0.5) is 10.6 Å². The van der Waals surface area contributed by atoms with Gasteiger partial charge in [-0.3, -0.25) is 10.3 Å². The van der Waals surface area contributed by atoms with E-state index in [1.165, 1.54) is 0 Å². The average molecular weight is 389 g/mol. The Kier molecular flexibility index (Phi) is 4.01. The molecule has 5 rings (SSSR count). The lowest BCUT2D eigenvalue weighted by Gasteiger charge is -2.27. The average Bonchev–Trinajstić information content (AvgIpc) is 3.31. The van der Waals surface area contributed by atoms with Crippen LogP contribution in [0, 0.1) is 13.8 Å². The van der Waals surface area contributed by atoms with E-state index in [1.54, 1.807) is 30.4 Å². The SMILES string of the molecule is Cc1cn2c(n1)CN(C(=O)Nc1cc3cc(-c4cnc(C)o4)cnc3cn1)CC2. The summed E-state index contributed by atoms with van der Waals surface area (Å²) in [6, 6.07) is 3.56. The maximum atomic E-state index is 12.7. The molecule has 9 heteroatoms. The van der Waals surface area contributed by atoms with Crippen molar-refractivity contribution in [2.75, 3.05) is 11.9 Å². The molecule has 1 aliphatic heterocycles. The van der Waals surface area contributed by atoms with Crippen LogP contribution in [0.25, 0.3) is 22.2 Å². The predicted molar refractivity (Wildman–Crippen MR) is 106 cm³/mol. The molecule has 0 aliphatic carbocycles. The third kappa shape index (κ3) is 3.31. The minimum absolute atomic E-state index is 0.196. The van der Waals surface area contributed by atoms with Gasteiger partial charge in [-0.05, 0) is 19.1 Å². The highest BCUT2D eigenvalue weighted by Crippen LogP contribution is 2.24. The highest BCUT2D eigenvalue weighted by Gasteiger charge is 2.22. The fourth-order valence-electron chi connectivity index (χ4n) is 3.49. The summed E-state index contributed by atoms with van der Waals surface area (Å²) in [6.07, 6.45) is 7.05. The summed E-state index contributed by atoms with van der Waals surface area (Å²) in [7, 11) is 0. The number of imidazole rings is 1. The Labute approximate surface area is 166 Å². The zero-order valence-corrected chi connectivity index (χ0v) is 16.1. The van der Waals surface area contributed by atoms with E-state index in [2.05, 4.69) is 29.8 Å². The van der Waals surface area contributed by atoms with E-state index in [4.69, 9.17) is 4.42 Å². The number of rotatable bonds is 2. The lowest BCUT2D eigenvalue weighted by molar-refractivity contribution is 0.195. The van der Waals surface area contributed by atoms with Crippen LogP contribution >= 0.6 is 0 Å². The van der Waals surface area contributed by atoms with Crippen molar-refractivity contribution < 1.29 is 9.21 Å². The topological polar surface area (TPSA) is 102 Å². The second-order valence-electron chi connectivity index (χ2n) is 7.07. The third-order valence-corrected chi connectivity index (χ3v) is 4.92. The lowest BCUT2D eigenvalue weighted by atomic mass is 10.1. The van der Waals surface area contributed by atoms with Crippen LogP contribution in [0.15, 0.2) is 41.3 Å². The van der Waals surface area contributed by atoms with E-state index in [-0.39, 0.29) is 6.03 Å². The molecule has 5 heterocycles. The highest BCUT2D eigenvalue weighted by molar-refractivity contribution is 5.91. The molecule has 1 aliphatic rings. The lowest BCUT2D eigenvalue weighted by Crippen LogP contribution is -2.40. The largest absolute Gasteiger partial charge is 0.441 e. The van der Waals surface area contributed by atoms with Crippen molar-refractivity contribution in [1.29, 1.82) is 0 Å². The van der Waals surface area contributed by atoms with E-state index in [1.807, 2.05) is 25.3 Å². The first kappa shape index (κ1) is 17.4. The molecule has 0 spiro atoms. The van der Waals surface area contributed by atoms with Crippen LogP contribution in [-0.4, -0.2) is 42.0 Å². The van der Waals surface area contributed by atoms with Crippen LogP contribution in [-0.2, 0) is 13.1 Å². The first-order chi connectivity index (χ1) is 14.0. The van der Waals surface area contributed by atoms with Gasteiger partial charge in [0.1, 0.15) is 11.6 Å². The summed E-state index contributed by atoms with van der Waals surface area (Å²) >= 11 is 0. The third-order valence-electron chi connectivity index (χ3n) is 4.92. The smallest absolute Gasteiger partial charge is 0.323 e. The quantitative estimate of drug-likeness (QED) is 0.565. The molecule has 4 aromatic rings. The van der Waals surface area contributed by atoms with E-state index in [0.29, 0.717) is 30.6 Å². The number of hydrogen-bond donors (Lipinski definition) is 1. The number of carbonyl (C=O) groups is 1. The molecule has 0 fully saturated rings. The molecule has 0 aromatic carbocycles. The molecule has 146 valence electrons.